The van der Waals surface area contributed by atoms with E-state index in [4.69, 9.17) is 23.2 Å². The lowest BCUT2D eigenvalue weighted by atomic mass is 10.1. The molecule has 4 nitrogen and oxygen atoms in total. The smallest absolute Gasteiger partial charge is 0.139 e. The fraction of sp³-hybridized carbons (Fsp3) is 0. The Hall–Kier alpha value is -3.08. The van der Waals surface area contributed by atoms with Crippen molar-refractivity contribution in [3.63, 3.8) is 0 Å². The molecular formula is C22H14Cl2N4. The quantitative estimate of drug-likeness (QED) is 0.356. The summed E-state index contributed by atoms with van der Waals surface area (Å²) in [5, 5.41) is 1.36. The highest BCUT2D eigenvalue weighted by Gasteiger charge is 2.10. The summed E-state index contributed by atoms with van der Waals surface area (Å²) in [4.78, 5) is 15.8. The van der Waals surface area contributed by atoms with Crippen molar-refractivity contribution >= 4 is 34.2 Å². The van der Waals surface area contributed by atoms with Gasteiger partial charge in [-0.15, -0.1) is 0 Å². The predicted molar refractivity (Wildman–Crippen MR) is 115 cm³/mol. The zero-order valence-corrected chi connectivity index (χ0v) is 16.1. The second-order valence-electron chi connectivity index (χ2n) is 6.45. The molecule has 0 saturated heterocycles. The van der Waals surface area contributed by atoms with Crippen LogP contribution in [0.15, 0.2) is 72.9 Å². The number of aromatic nitrogens is 4. The summed E-state index contributed by atoms with van der Waals surface area (Å²) in [6.07, 6.45) is 1.82. The van der Waals surface area contributed by atoms with Crippen LogP contribution in [0.1, 0.15) is 0 Å². The number of nitrogens with zero attached hydrogens (tertiary/aromatic N) is 2. The van der Waals surface area contributed by atoms with E-state index in [1.165, 1.54) is 0 Å². The van der Waals surface area contributed by atoms with Gasteiger partial charge in [0.15, 0.2) is 0 Å². The molecule has 2 aromatic heterocycles. The van der Waals surface area contributed by atoms with Gasteiger partial charge in [-0.1, -0.05) is 59.6 Å². The maximum Gasteiger partial charge on any atom is 0.139 e. The second-order valence-corrected chi connectivity index (χ2v) is 7.29. The van der Waals surface area contributed by atoms with Crippen molar-refractivity contribution in [2.24, 2.45) is 0 Å². The third-order valence-corrected chi connectivity index (χ3v) is 5.18. The van der Waals surface area contributed by atoms with E-state index in [2.05, 4.69) is 19.9 Å². The summed E-state index contributed by atoms with van der Waals surface area (Å²) in [5.41, 5.74) is 5.66. The van der Waals surface area contributed by atoms with Crippen LogP contribution in [0.5, 0.6) is 0 Å². The zero-order valence-electron chi connectivity index (χ0n) is 14.6. The van der Waals surface area contributed by atoms with Crippen LogP contribution < -0.4 is 0 Å². The van der Waals surface area contributed by atoms with Crippen molar-refractivity contribution in [1.29, 1.82) is 0 Å². The third kappa shape index (κ3) is 3.07. The molecule has 0 amide bonds. The Morgan fingerprint density at radius 2 is 1.54 bits per heavy atom. The minimum Gasteiger partial charge on any atom is -0.338 e. The number of H-pyrrole nitrogens is 2. The van der Waals surface area contributed by atoms with E-state index >= 15 is 0 Å². The summed E-state index contributed by atoms with van der Waals surface area (Å²) in [7, 11) is 0. The second kappa shape index (κ2) is 6.82. The Morgan fingerprint density at radius 3 is 2.36 bits per heavy atom. The molecule has 0 aliphatic heterocycles. The van der Waals surface area contributed by atoms with Crippen molar-refractivity contribution < 1.29 is 0 Å². The summed E-state index contributed by atoms with van der Waals surface area (Å²) in [6, 6.07) is 21.4. The van der Waals surface area contributed by atoms with Gasteiger partial charge in [0.05, 0.1) is 27.9 Å². The third-order valence-electron chi connectivity index (χ3n) is 4.62. The molecule has 0 unspecified atom stereocenters. The summed E-state index contributed by atoms with van der Waals surface area (Å²) < 4.78 is 0. The first-order chi connectivity index (χ1) is 13.7. The molecule has 0 radical (unpaired) electrons. The summed E-state index contributed by atoms with van der Waals surface area (Å²) >= 11 is 12.3. The number of fused-ring (bicyclic) bond motifs is 1. The van der Waals surface area contributed by atoms with E-state index in [0.717, 1.165) is 45.1 Å². The molecule has 5 aromatic rings. The zero-order chi connectivity index (χ0) is 19.1. The van der Waals surface area contributed by atoms with Gasteiger partial charge in [0, 0.05) is 16.1 Å². The molecule has 2 N–H and O–H groups in total. The van der Waals surface area contributed by atoms with Gasteiger partial charge in [0.25, 0.3) is 0 Å². The Bertz CT molecular complexity index is 1290. The van der Waals surface area contributed by atoms with Gasteiger partial charge in [0.2, 0.25) is 0 Å². The number of imidazole rings is 2. The van der Waals surface area contributed by atoms with Crippen molar-refractivity contribution in [2.75, 3.05) is 0 Å². The average molecular weight is 405 g/mol. The molecule has 5 rings (SSSR count). The van der Waals surface area contributed by atoms with Gasteiger partial charge >= 0.3 is 0 Å². The largest absolute Gasteiger partial charge is 0.338 e. The summed E-state index contributed by atoms with van der Waals surface area (Å²) in [5.74, 6) is 1.56. The molecule has 3 aromatic carbocycles. The van der Waals surface area contributed by atoms with Crippen LogP contribution in [0.25, 0.3) is 45.1 Å². The van der Waals surface area contributed by atoms with Gasteiger partial charge in [-0.3, -0.25) is 0 Å². The monoisotopic (exact) mass is 404 g/mol. The molecule has 6 heteroatoms. The highest BCUT2D eigenvalue weighted by molar-refractivity contribution is 6.33. The molecule has 0 aliphatic rings. The van der Waals surface area contributed by atoms with E-state index in [9.17, 15) is 0 Å². The van der Waals surface area contributed by atoms with Crippen LogP contribution in [0.2, 0.25) is 10.0 Å². The van der Waals surface area contributed by atoms with E-state index < -0.39 is 0 Å². The fourth-order valence-electron chi connectivity index (χ4n) is 3.18. The number of halogens is 2. The predicted octanol–water partition coefficient (Wildman–Crippen LogP) is 6.59. The molecule has 0 saturated carbocycles. The highest BCUT2D eigenvalue weighted by Crippen LogP contribution is 2.29. The lowest BCUT2D eigenvalue weighted by Crippen LogP contribution is -1.84. The Labute approximate surface area is 171 Å². The molecule has 0 aliphatic carbocycles. The molecule has 136 valence electrons. The van der Waals surface area contributed by atoms with E-state index in [1.54, 1.807) is 0 Å². The summed E-state index contributed by atoms with van der Waals surface area (Å²) in [6.45, 7) is 0. The fourth-order valence-corrected chi connectivity index (χ4v) is 3.58. The van der Waals surface area contributed by atoms with Gasteiger partial charge in [0.1, 0.15) is 11.6 Å². The minimum absolute atomic E-state index is 0.670. The molecule has 0 fully saturated rings. The number of benzene rings is 3. The Morgan fingerprint density at radius 1 is 0.750 bits per heavy atom. The number of hydrogen-bond acceptors (Lipinski definition) is 2. The molecule has 0 spiro atoms. The topological polar surface area (TPSA) is 57.4 Å². The number of hydrogen-bond donors (Lipinski definition) is 2. The first kappa shape index (κ1) is 17.0. The van der Waals surface area contributed by atoms with Crippen LogP contribution in [-0.2, 0) is 0 Å². The Balaban J connectivity index is 1.46. The van der Waals surface area contributed by atoms with E-state index in [0.29, 0.717) is 10.0 Å². The molecule has 28 heavy (non-hydrogen) atoms. The van der Waals surface area contributed by atoms with Crippen LogP contribution in [0, 0.1) is 0 Å². The van der Waals surface area contributed by atoms with Crippen molar-refractivity contribution in [1.82, 2.24) is 19.9 Å². The minimum atomic E-state index is 0.670. The van der Waals surface area contributed by atoms with Crippen molar-refractivity contribution in [3.8, 4) is 34.0 Å². The lowest BCUT2D eigenvalue weighted by Gasteiger charge is -2.01. The number of rotatable bonds is 3. The average Bonchev–Trinajstić information content (AvgIpc) is 3.35. The standard InChI is InChI=1S/C22H14Cl2N4/c23-15-9-10-18-19(11-15)27-21(26-18)14-7-5-13(6-8-14)20-12-25-22(28-20)16-3-1-2-4-17(16)24/h1-12H,(H,25,28)(H,26,27). The first-order valence-electron chi connectivity index (χ1n) is 8.73. The normalized spacial score (nSPS) is 11.2. The van der Waals surface area contributed by atoms with Gasteiger partial charge < -0.3 is 9.97 Å². The van der Waals surface area contributed by atoms with Crippen LogP contribution in [-0.4, -0.2) is 19.9 Å². The van der Waals surface area contributed by atoms with Crippen LogP contribution in [0.4, 0.5) is 0 Å². The van der Waals surface area contributed by atoms with Crippen molar-refractivity contribution in [2.45, 2.75) is 0 Å². The Kier molecular flexibility index (Phi) is 4.15. The SMILES string of the molecule is Clc1ccc2nc(-c3ccc(-c4cnc(-c5ccccc5Cl)[nH]4)cc3)[nH]c2c1. The van der Waals surface area contributed by atoms with E-state index in [-0.39, 0.29) is 0 Å². The number of nitrogens with one attached hydrogen (secondary N) is 2. The van der Waals surface area contributed by atoms with E-state index in [1.807, 2.05) is 72.9 Å². The number of aromatic amines is 2. The highest BCUT2D eigenvalue weighted by atomic mass is 35.5. The van der Waals surface area contributed by atoms with Gasteiger partial charge in [-0.05, 0) is 35.9 Å². The molecule has 0 atom stereocenters. The van der Waals surface area contributed by atoms with Crippen molar-refractivity contribution in [3.05, 3.63) is 83.0 Å². The maximum atomic E-state index is 6.27. The maximum absolute atomic E-state index is 6.27. The van der Waals surface area contributed by atoms with Gasteiger partial charge in [-0.25, -0.2) is 9.97 Å². The molecule has 0 bridgehead atoms. The van der Waals surface area contributed by atoms with Gasteiger partial charge in [-0.2, -0.15) is 0 Å². The molecular weight excluding hydrogens is 391 g/mol. The van der Waals surface area contributed by atoms with Crippen LogP contribution >= 0.6 is 23.2 Å². The molecule has 2 heterocycles. The lowest BCUT2D eigenvalue weighted by molar-refractivity contribution is 1.31. The first-order valence-corrected chi connectivity index (χ1v) is 9.49. The van der Waals surface area contributed by atoms with Crippen LogP contribution in [0.3, 0.4) is 0 Å².